The van der Waals surface area contributed by atoms with E-state index in [-0.39, 0.29) is 18.6 Å². The van der Waals surface area contributed by atoms with Crippen LogP contribution in [0.5, 0.6) is 0 Å². The first-order chi connectivity index (χ1) is 9.47. The highest BCUT2D eigenvalue weighted by Crippen LogP contribution is 2.27. The molecule has 1 heterocycles. The summed E-state index contributed by atoms with van der Waals surface area (Å²) in [6.45, 7) is 4.30. The third-order valence-corrected chi connectivity index (χ3v) is 3.25. The molecule has 0 aromatic carbocycles. The number of nitrogens with zero attached hydrogens (tertiary/aromatic N) is 1. The smallest absolute Gasteiger partial charge is 0.355 e. The Morgan fingerprint density at radius 1 is 1.50 bits per heavy atom. The molecule has 3 N–H and O–H groups in total. The van der Waals surface area contributed by atoms with Crippen LogP contribution in [0.25, 0.3) is 0 Å². The van der Waals surface area contributed by atoms with Gasteiger partial charge in [0.05, 0.1) is 5.69 Å². The van der Waals surface area contributed by atoms with Crippen molar-refractivity contribution in [2.75, 3.05) is 18.9 Å². The van der Waals surface area contributed by atoms with Gasteiger partial charge in [-0.2, -0.15) is 0 Å². The van der Waals surface area contributed by atoms with Gasteiger partial charge < -0.3 is 20.4 Å². The molecule has 1 aliphatic carbocycles. The molecule has 110 valence electrons. The number of rotatable bonds is 6. The number of amides is 1. The number of nitrogen functional groups attached to an aromatic ring is 1. The fraction of sp³-hybridized carbons (Fsp3) is 0.571. The van der Waals surface area contributed by atoms with Crippen LogP contribution in [0.4, 0.5) is 5.69 Å². The molecule has 6 heteroatoms. The zero-order chi connectivity index (χ0) is 14.7. The Balaban J connectivity index is 1.85. The number of esters is 1. The van der Waals surface area contributed by atoms with Crippen molar-refractivity contribution in [3.05, 3.63) is 18.0 Å². The normalized spacial score (nSPS) is 14.3. The highest BCUT2D eigenvalue weighted by Gasteiger charge is 2.22. The Hall–Kier alpha value is -1.98. The highest BCUT2D eigenvalue weighted by molar-refractivity contribution is 5.91. The Morgan fingerprint density at radius 2 is 2.20 bits per heavy atom. The van der Waals surface area contributed by atoms with Crippen LogP contribution in [0.15, 0.2) is 12.3 Å². The van der Waals surface area contributed by atoms with Crippen LogP contribution in [0.3, 0.4) is 0 Å². The fourth-order valence-electron chi connectivity index (χ4n) is 1.93. The van der Waals surface area contributed by atoms with E-state index in [0.717, 1.165) is 0 Å². The molecule has 1 aromatic heterocycles. The summed E-state index contributed by atoms with van der Waals surface area (Å²) in [6.07, 6.45) is 4.02. The molecule has 1 fully saturated rings. The summed E-state index contributed by atoms with van der Waals surface area (Å²) in [5.41, 5.74) is 6.56. The summed E-state index contributed by atoms with van der Waals surface area (Å²) >= 11 is 0. The van der Waals surface area contributed by atoms with Gasteiger partial charge in [-0.05, 0) is 38.7 Å². The highest BCUT2D eigenvalue weighted by atomic mass is 16.5. The van der Waals surface area contributed by atoms with Gasteiger partial charge in [0.15, 0.2) is 6.61 Å². The van der Waals surface area contributed by atoms with Crippen molar-refractivity contribution in [1.29, 1.82) is 0 Å². The first-order valence-corrected chi connectivity index (χ1v) is 6.88. The van der Waals surface area contributed by atoms with Crippen molar-refractivity contribution >= 4 is 17.6 Å². The van der Waals surface area contributed by atoms with E-state index < -0.39 is 5.97 Å². The van der Waals surface area contributed by atoms with Crippen molar-refractivity contribution in [3.63, 3.8) is 0 Å². The maximum absolute atomic E-state index is 12.0. The molecule has 0 bridgehead atoms. The van der Waals surface area contributed by atoms with Gasteiger partial charge in [0.2, 0.25) is 0 Å². The lowest BCUT2D eigenvalue weighted by Crippen LogP contribution is -2.30. The minimum absolute atomic E-state index is 0.0959. The molecule has 1 amide bonds. The number of carbonyl (C=O) groups excluding carboxylic acids is 2. The predicted octanol–water partition coefficient (Wildman–Crippen LogP) is 1.33. The van der Waals surface area contributed by atoms with Crippen LogP contribution in [-0.2, 0) is 9.53 Å². The molecule has 2 rings (SSSR count). The molecular weight excluding hydrogens is 258 g/mol. The van der Waals surface area contributed by atoms with Crippen LogP contribution >= 0.6 is 0 Å². The lowest BCUT2D eigenvalue weighted by molar-refractivity contribution is -0.124. The molecule has 20 heavy (non-hydrogen) atoms. The molecule has 0 radical (unpaired) electrons. The van der Waals surface area contributed by atoms with E-state index in [0.29, 0.717) is 23.8 Å². The average molecular weight is 279 g/mol. The third-order valence-electron chi connectivity index (χ3n) is 3.25. The van der Waals surface area contributed by atoms with E-state index in [9.17, 15) is 9.59 Å². The van der Waals surface area contributed by atoms with Gasteiger partial charge >= 0.3 is 5.97 Å². The lowest BCUT2D eigenvalue weighted by atomic mass is 10.3. The summed E-state index contributed by atoms with van der Waals surface area (Å²) in [4.78, 5) is 23.5. The van der Waals surface area contributed by atoms with E-state index in [1.807, 2.05) is 13.8 Å². The molecule has 0 aliphatic heterocycles. The Kier molecular flexibility index (Phi) is 4.32. The molecule has 0 spiro atoms. The number of aromatic nitrogens is 1. The van der Waals surface area contributed by atoms with Crippen molar-refractivity contribution in [2.45, 2.75) is 32.7 Å². The first kappa shape index (κ1) is 14.4. The number of hydrogen-bond donors (Lipinski definition) is 2. The summed E-state index contributed by atoms with van der Waals surface area (Å²) in [5, 5.41) is 2.75. The molecule has 0 unspecified atom stereocenters. The molecule has 1 aromatic rings. The van der Waals surface area contributed by atoms with Gasteiger partial charge in [0.1, 0.15) is 5.69 Å². The monoisotopic (exact) mass is 279 g/mol. The van der Waals surface area contributed by atoms with E-state index in [2.05, 4.69) is 5.32 Å². The van der Waals surface area contributed by atoms with Gasteiger partial charge in [-0.15, -0.1) is 0 Å². The Bertz CT molecular complexity index is 504. The van der Waals surface area contributed by atoms with Crippen molar-refractivity contribution < 1.29 is 14.3 Å². The van der Waals surface area contributed by atoms with E-state index in [1.165, 1.54) is 12.8 Å². The van der Waals surface area contributed by atoms with E-state index in [1.54, 1.807) is 16.8 Å². The van der Waals surface area contributed by atoms with Crippen LogP contribution in [-0.4, -0.2) is 29.6 Å². The standard InChI is InChI=1S/C14H21N3O3/c1-9(2)17-7-11(15)5-12(17)14(19)20-8-13(18)16-6-10-3-4-10/h5,7,9-10H,3-4,6,8,15H2,1-2H3,(H,16,18). The molecule has 1 aliphatic rings. The SMILES string of the molecule is CC(C)n1cc(N)cc1C(=O)OCC(=O)NCC1CC1. The van der Waals surface area contributed by atoms with Crippen molar-refractivity contribution in [3.8, 4) is 0 Å². The molecular formula is C14H21N3O3. The quantitative estimate of drug-likeness (QED) is 0.769. The van der Waals surface area contributed by atoms with Crippen LogP contribution in [0.1, 0.15) is 43.2 Å². The zero-order valence-corrected chi connectivity index (χ0v) is 11.9. The van der Waals surface area contributed by atoms with Crippen molar-refractivity contribution in [2.24, 2.45) is 5.92 Å². The van der Waals surface area contributed by atoms with E-state index >= 15 is 0 Å². The van der Waals surface area contributed by atoms with Gasteiger partial charge in [-0.25, -0.2) is 4.79 Å². The summed E-state index contributed by atoms with van der Waals surface area (Å²) in [7, 11) is 0. The topological polar surface area (TPSA) is 86.3 Å². The fourth-order valence-corrected chi connectivity index (χ4v) is 1.93. The predicted molar refractivity (Wildman–Crippen MR) is 75.2 cm³/mol. The van der Waals surface area contributed by atoms with Crippen molar-refractivity contribution in [1.82, 2.24) is 9.88 Å². The van der Waals surface area contributed by atoms with Crippen LogP contribution < -0.4 is 11.1 Å². The maximum atomic E-state index is 12.0. The summed E-state index contributed by atoms with van der Waals surface area (Å²) < 4.78 is 6.76. The second kappa shape index (κ2) is 5.98. The molecule has 6 nitrogen and oxygen atoms in total. The van der Waals surface area contributed by atoms with E-state index in [4.69, 9.17) is 10.5 Å². The number of nitrogens with two attached hydrogens (primary N) is 1. The van der Waals surface area contributed by atoms with Gasteiger partial charge in [0.25, 0.3) is 5.91 Å². The van der Waals surface area contributed by atoms with Crippen LogP contribution in [0, 0.1) is 5.92 Å². The molecule has 0 saturated heterocycles. The number of ether oxygens (including phenoxy) is 1. The van der Waals surface area contributed by atoms with Gasteiger partial charge in [0, 0.05) is 18.8 Å². The average Bonchev–Trinajstić information content (AvgIpc) is 3.14. The lowest BCUT2D eigenvalue weighted by Gasteiger charge is -2.12. The van der Waals surface area contributed by atoms with Crippen LogP contribution in [0.2, 0.25) is 0 Å². The maximum Gasteiger partial charge on any atom is 0.355 e. The summed E-state index contributed by atoms with van der Waals surface area (Å²) in [6, 6.07) is 1.66. The minimum atomic E-state index is -0.531. The number of hydrogen-bond acceptors (Lipinski definition) is 4. The van der Waals surface area contributed by atoms with Gasteiger partial charge in [-0.3, -0.25) is 4.79 Å². The third kappa shape index (κ3) is 3.76. The second-order valence-corrected chi connectivity index (χ2v) is 5.48. The number of carbonyl (C=O) groups is 2. The number of nitrogens with one attached hydrogen (secondary N) is 1. The largest absolute Gasteiger partial charge is 0.451 e. The van der Waals surface area contributed by atoms with Gasteiger partial charge in [-0.1, -0.05) is 0 Å². The molecule has 1 saturated carbocycles. The second-order valence-electron chi connectivity index (χ2n) is 5.48. The first-order valence-electron chi connectivity index (χ1n) is 6.88. The number of anilines is 1. The Labute approximate surface area is 118 Å². The zero-order valence-electron chi connectivity index (χ0n) is 11.9. The molecule has 0 atom stereocenters. The summed E-state index contributed by atoms with van der Waals surface area (Å²) in [5.74, 6) is -0.189. The Morgan fingerprint density at radius 3 is 2.80 bits per heavy atom. The minimum Gasteiger partial charge on any atom is -0.451 e.